The lowest BCUT2D eigenvalue weighted by atomic mass is 9.89. The summed E-state index contributed by atoms with van der Waals surface area (Å²) in [5, 5.41) is 0.500. The van der Waals surface area contributed by atoms with Crippen LogP contribution in [0.1, 0.15) is 50.5 Å². The van der Waals surface area contributed by atoms with Gasteiger partial charge in [-0.15, -0.1) is 0 Å². The molecule has 1 fully saturated rings. The zero-order valence-electron chi connectivity index (χ0n) is 22.3. The number of hydrogen-bond acceptors (Lipinski definition) is 10. The Kier molecular flexibility index (Phi) is 10.3. The summed E-state index contributed by atoms with van der Waals surface area (Å²) in [5.74, 6) is -1.93. The molecule has 210 valence electrons. The second kappa shape index (κ2) is 13.4. The van der Waals surface area contributed by atoms with Gasteiger partial charge in [0.2, 0.25) is 0 Å². The maximum Gasteiger partial charge on any atom is 0.303 e. The molecule has 2 aromatic rings. The van der Waals surface area contributed by atoms with Crippen LogP contribution in [0.25, 0.3) is 0 Å². The molecule has 0 aliphatic carbocycles. The zero-order chi connectivity index (χ0) is 28.7. The van der Waals surface area contributed by atoms with Gasteiger partial charge in [0, 0.05) is 32.7 Å². The number of carbonyl (C=O) groups excluding carboxylic acids is 4. The fourth-order valence-electron chi connectivity index (χ4n) is 4.37. The summed E-state index contributed by atoms with van der Waals surface area (Å²) in [6.45, 7) is 4.46. The number of rotatable bonds is 9. The van der Waals surface area contributed by atoms with Crippen LogP contribution in [0.4, 0.5) is 0 Å². The van der Waals surface area contributed by atoms with Crippen molar-refractivity contribution >= 4 is 35.5 Å². The molecular weight excluding hydrogens is 532 g/mol. The molecule has 1 saturated heterocycles. The van der Waals surface area contributed by atoms with E-state index >= 15 is 0 Å². The fourth-order valence-corrected chi connectivity index (χ4v) is 4.55. The first-order valence-electron chi connectivity index (χ1n) is 12.2. The average molecular weight is 563 g/mol. The summed E-state index contributed by atoms with van der Waals surface area (Å²) in [6.07, 6.45) is -5.23. The molecule has 0 saturated carbocycles. The van der Waals surface area contributed by atoms with Crippen molar-refractivity contribution in [2.24, 2.45) is 0 Å². The number of halogens is 1. The van der Waals surface area contributed by atoms with Crippen molar-refractivity contribution in [1.82, 2.24) is 0 Å². The van der Waals surface area contributed by atoms with Gasteiger partial charge in [-0.25, -0.2) is 0 Å². The molecule has 0 amide bonds. The van der Waals surface area contributed by atoms with Crippen molar-refractivity contribution in [3.8, 4) is 5.75 Å². The predicted octanol–water partition coefficient (Wildman–Crippen LogP) is 3.74. The van der Waals surface area contributed by atoms with E-state index in [-0.39, 0.29) is 6.61 Å². The van der Waals surface area contributed by atoms with Crippen molar-refractivity contribution in [1.29, 1.82) is 0 Å². The molecule has 11 heteroatoms. The van der Waals surface area contributed by atoms with Crippen molar-refractivity contribution in [3.05, 3.63) is 64.2 Å². The Bertz CT molecular complexity index is 1200. The summed E-state index contributed by atoms with van der Waals surface area (Å²) in [5.41, 5.74) is 2.28. The molecule has 39 heavy (non-hydrogen) atoms. The van der Waals surface area contributed by atoms with Crippen molar-refractivity contribution < 1.29 is 47.6 Å². The lowest BCUT2D eigenvalue weighted by Gasteiger charge is -2.44. The Hall–Kier alpha value is -3.63. The molecule has 10 nitrogen and oxygen atoms in total. The third-order valence-corrected chi connectivity index (χ3v) is 6.31. The minimum absolute atomic E-state index is 0.305. The molecule has 5 atom stereocenters. The molecule has 3 rings (SSSR count). The van der Waals surface area contributed by atoms with Crippen LogP contribution in [-0.2, 0) is 49.3 Å². The minimum Gasteiger partial charge on any atom is -0.497 e. The third kappa shape index (κ3) is 8.18. The largest absolute Gasteiger partial charge is 0.497 e. The van der Waals surface area contributed by atoms with Gasteiger partial charge in [-0.3, -0.25) is 19.2 Å². The second-order valence-electron chi connectivity index (χ2n) is 9.00. The van der Waals surface area contributed by atoms with E-state index in [2.05, 4.69) is 0 Å². The lowest BCUT2D eigenvalue weighted by molar-refractivity contribution is -0.254. The molecule has 1 aliphatic rings. The molecular formula is C28H31ClO10. The highest BCUT2D eigenvalue weighted by Crippen LogP contribution is 2.39. The number of carbonyl (C=O) groups is 4. The van der Waals surface area contributed by atoms with Crippen LogP contribution in [0.2, 0.25) is 5.02 Å². The zero-order valence-corrected chi connectivity index (χ0v) is 23.1. The van der Waals surface area contributed by atoms with E-state index in [4.69, 9.17) is 40.0 Å². The van der Waals surface area contributed by atoms with Gasteiger partial charge in [0.15, 0.2) is 18.3 Å². The Balaban J connectivity index is 2.05. The normalized spacial score (nSPS) is 22.4. The minimum atomic E-state index is -1.25. The molecule has 0 aromatic heterocycles. The summed E-state index contributed by atoms with van der Waals surface area (Å²) in [7, 11) is 1.59. The topological polar surface area (TPSA) is 124 Å². The van der Waals surface area contributed by atoms with Crippen LogP contribution in [-0.4, -0.2) is 62.0 Å². The Morgan fingerprint density at radius 1 is 0.795 bits per heavy atom. The number of benzene rings is 2. The smallest absolute Gasteiger partial charge is 0.303 e. The quantitative estimate of drug-likeness (QED) is 0.330. The standard InChI is InChI=1S/C28H31ClO10/c1-15(30)35-14-24-26(36-16(2)31)28(38-18(4)33)27(37-17(3)32)25(39-24)20-8-11-23(29)21(13-20)12-19-6-9-22(34-5)10-7-19/h6-11,13,24-28H,12,14H2,1-5H3/t24-,25?,26-,27+,28?/m1/s1. The van der Waals surface area contributed by atoms with Gasteiger partial charge in [0.1, 0.15) is 24.6 Å². The molecule has 1 aliphatic heterocycles. The SMILES string of the molecule is COc1ccc(Cc2cc(C3O[C@H](COC(C)=O)[C@@H](OC(C)=O)C(OC(C)=O)[C@H]3OC(C)=O)ccc2Cl)cc1. The van der Waals surface area contributed by atoms with Crippen molar-refractivity contribution in [2.75, 3.05) is 13.7 Å². The van der Waals surface area contributed by atoms with Gasteiger partial charge in [-0.05, 0) is 41.3 Å². The Labute approximate surface area is 231 Å². The van der Waals surface area contributed by atoms with Crippen LogP contribution in [0.5, 0.6) is 5.75 Å². The first-order chi connectivity index (χ1) is 18.5. The summed E-state index contributed by atoms with van der Waals surface area (Å²) < 4.78 is 33.2. The van der Waals surface area contributed by atoms with E-state index < -0.39 is 54.4 Å². The van der Waals surface area contributed by atoms with Crippen LogP contribution in [0, 0.1) is 0 Å². The number of methoxy groups -OCH3 is 1. The number of esters is 4. The Morgan fingerprint density at radius 3 is 1.95 bits per heavy atom. The number of hydrogen-bond donors (Lipinski definition) is 0. The highest BCUT2D eigenvalue weighted by Gasteiger charge is 2.52. The molecule has 0 bridgehead atoms. The van der Waals surface area contributed by atoms with Gasteiger partial charge in [-0.1, -0.05) is 35.9 Å². The fraction of sp³-hybridized carbons (Fsp3) is 0.429. The predicted molar refractivity (Wildman–Crippen MR) is 138 cm³/mol. The van der Waals surface area contributed by atoms with Gasteiger partial charge in [0.05, 0.1) is 7.11 Å². The maximum atomic E-state index is 12.1. The Morgan fingerprint density at radius 2 is 1.38 bits per heavy atom. The van der Waals surface area contributed by atoms with Crippen molar-refractivity contribution in [3.63, 3.8) is 0 Å². The summed E-state index contributed by atoms with van der Waals surface area (Å²) >= 11 is 6.52. The second-order valence-corrected chi connectivity index (χ2v) is 9.40. The van der Waals surface area contributed by atoms with E-state index in [1.807, 2.05) is 24.3 Å². The third-order valence-electron chi connectivity index (χ3n) is 5.94. The van der Waals surface area contributed by atoms with Gasteiger partial charge < -0.3 is 28.4 Å². The van der Waals surface area contributed by atoms with E-state index in [1.165, 1.54) is 27.7 Å². The highest BCUT2D eigenvalue weighted by molar-refractivity contribution is 6.31. The van der Waals surface area contributed by atoms with Crippen LogP contribution in [0.15, 0.2) is 42.5 Å². The summed E-state index contributed by atoms with van der Waals surface area (Å²) in [4.78, 5) is 47.7. The number of ether oxygens (including phenoxy) is 6. The van der Waals surface area contributed by atoms with Crippen LogP contribution < -0.4 is 4.74 Å². The molecule has 0 radical (unpaired) electrons. The van der Waals surface area contributed by atoms with E-state index in [1.54, 1.807) is 25.3 Å². The van der Waals surface area contributed by atoms with Gasteiger partial charge in [0.25, 0.3) is 0 Å². The van der Waals surface area contributed by atoms with Crippen LogP contribution >= 0.6 is 11.6 Å². The monoisotopic (exact) mass is 562 g/mol. The first kappa shape index (κ1) is 29.9. The maximum absolute atomic E-state index is 12.1. The van der Waals surface area contributed by atoms with E-state index in [0.29, 0.717) is 17.0 Å². The molecule has 2 aromatic carbocycles. The molecule has 0 N–H and O–H groups in total. The summed E-state index contributed by atoms with van der Waals surface area (Å²) in [6, 6.07) is 12.7. The van der Waals surface area contributed by atoms with Crippen molar-refractivity contribution in [2.45, 2.75) is 64.6 Å². The van der Waals surface area contributed by atoms with Gasteiger partial charge >= 0.3 is 23.9 Å². The molecule has 1 heterocycles. The lowest BCUT2D eigenvalue weighted by Crippen LogP contribution is -2.59. The molecule has 0 spiro atoms. The molecule has 2 unspecified atom stereocenters. The first-order valence-corrected chi connectivity index (χ1v) is 12.6. The van der Waals surface area contributed by atoms with Crippen LogP contribution in [0.3, 0.4) is 0 Å². The van der Waals surface area contributed by atoms with Gasteiger partial charge in [-0.2, -0.15) is 0 Å². The van der Waals surface area contributed by atoms with E-state index in [0.717, 1.165) is 16.9 Å². The van der Waals surface area contributed by atoms with E-state index in [9.17, 15) is 19.2 Å². The average Bonchev–Trinajstić information content (AvgIpc) is 2.86. The highest BCUT2D eigenvalue weighted by atomic mass is 35.5.